The van der Waals surface area contributed by atoms with Crippen LogP contribution >= 0.6 is 23.2 Å². The first-order valence-electron chi connectivity index (χ1n) is 11.9. The van der Waals surface area contributed by atoms with Crippen molar-refractivity contribution in [3.63, 3.8) is 0 Å². The number of rotatable bonds is 6. The number of hydrogen-bond acceptors (Lipinski definition) is 5. The number of carbonyl (C=O) groups excluding carboxylic acids is 2. The van der Waals surface area contributed by atoms with Crippen LogP contribution in [-0.4, -0.2) is 65.6 Å². The Morgan fingerprint density at radius 2 is 1.83 bits per heavy atom. The monoisotopic (exact) mass is 526 g/mol. The fourth-order valence-corrected chi connectivity index (χ4v) is 5.26. The van der Waals surface area contributed by atoms with Crippen LogP contribution in [0.5, 0.6) is 0 Å². The molecule has 0 unspecified atom stereocenters. The Morgan fingerprint density at radius 3 is 2.50 bits per heavy atom. The van der Waals surface area contributed by atoms with Crippen LogP contribution in [0.1, 0.15) is 39.7 Å². The zero-order chi connectivity index (χ0) is 26.0. The summed E-state index contributed by atoms with van der Waals surface area (Å²) in [5.41, 5.74) is 4.67. The number of halogens is 2. The number of piperazine rings is 1. The largest absolute Gasteiger partial charge is 0.465 e. The van der Waals surface area contributed by atoms with E-state index in [0.29, 0.717) is 65.9 Å². The molecule has 1 aliphatic rings. The van der Waals surface area contributed by atoms with Gasteiger partial charge in [0.05, 0.1) is 35.4 Å². The highest BCUT2D eigenvalue weighted by Crippen LogP contribution is 2.33. The van der Waals surface area contributed by atoms with Crippen molar-refractivity contribution in [2.75, 3.05) is 39.3 Å². The first kappa shape index (κ1) is 26.0. The molecule has 7 nitrogen and oxygen atoms in total. The molecule has 1 amide bonds. The molecule has 1 saturated heterocycles. The van der Waals surface area contributed by atoms with Gasteiger partial charge in [-0.1, -0.05) is 23.2 Å². The predicted molar refractivity (Wildman–Crippen MR) is 141 cm³/mol. The van der Waals surface area contributed by atoms with Crippen molar-refractivity contribution in [1.82, 2.24) is 14.4 Å². The molecule has 0 aliphatic carbocycles. The minimum atomic E-state index is -0.255. The van der Waals surface area contributed by atoms with Gasteiger partial charge in [0, 0.05) is 61.3 Å². The van der Waals surface area contributed by atoms with E-state index in [1.165, 1.54) is 0 Å². The molecule has 0 bridgehead atoms. The lowest BCUT2D eigenvalue weighted by molar-refractivity contribution is -0.144. The SMILES string of the molecule is CCOC(=O)CN1CCN(C(=O)c2ccc(Cl)c(Cc3cc4c(C)cc(C#N)cc4n3C)c2Cl)CC1. The van der Waals surface area contributed by atoms with Gasteiger partial charge in [-0.25, -0.2) is 0 Å². The summed E-state index contributed by atoms with van der Waals surface area (Å²) in [6.45, 7) is 6.51. The van der Waals surface area contributed by atoms with Crippen molar-refractivity contribution in [2.45, 2.75) is 20.3 Å². The van der Waals surface area contributed by atoms with Gasteiger partial charge in [-0.2, -0.15) is 5.26 Å². The number of esters is 1. The van der Waals surface area contributed by atoms with Crippen molar-refractivity contribution in [3.05, 3.63) is 68.3 Å². The van der Waals surface area contributed by atoms with E-state index in [4.69, 9.17) is 27.9 Å². The maximum Gasteiger partial charge on any atom is 0.320 e. The van der Waals surface area contributed by atoms with Crippen LogP contribution in [-0.2, 0) is 23.0 Å². The Morgan fingerprint density at radius 1 is 1.11 bits per heavy atom. The van der Waals surface area contributed by atoms with E-state index in [-0.39, 0.29) is 18.4 Å². The third kappa shape index (κ3) is 5.22. The minimum absolute atomic E-state index is 0.153. The van der Waals surface area contributed by atoms with E-state index in [0.717, 1.165) is 22.2 Å². The zero-order valence-corrected chi connectivity index (χ0v) is 22.1. The highest BCUT2D eigenvalue weighted by atomic mass is 35.5. The standard InChI is InChI=1S/C27H28Cl2N4O3/c1-4-36-25(34)16-32-7-9-33(10-8-32)27(35)20-5-6-23(28)22(26(20)29)14-19-13-21-17(2)11-18(15-30)12-24(21)31(19)3/h5-6,11-13H,4,7-10,14,16H2,1-3H3. The van der Waals surface area contributed by atoms with Crippen molar-refractivity contribution >= 4 is 46.0 Å². The van der Waals surface area contributed by atoms with E-state index in [2.05, 4.69) is 12.1 Å². The summed E-state index contributed by atoms with van der Waals surface area (Å²) in [6.07, 6.45) is 0.443. The summed E-state index contributed by atoms with van der Waals surface area (Å²) in [5, 5.41) is 11.2. The Kier molecular flexibility index (Phi) is 7.89. The van der Waals surface area contributed by atoms with Crippen molar-refractivity contribution < 1.29 is 14.3 Å². The number of aryl methyl sites for hydroxylation is 2. The minimum Gasteiger partial charge on any atom is -0.465 e. The fourth-order valence-electron chi connectivity index (χ4n) is 4.67. The van der Waals surface area contributed by atoms with Crippen LogP contribution < -0.4 is 0 Å². The first-order chi connectivity index (χ1) is 17.2. The Balaban J connectivity index is 1.55. The number of benzene rings is 2. The van der Waals surface area contributed by atoms with Crippen LogP contribution in [0.15, 0.2) is 30.3 Å². The van der Waals surface area contributed by atoms with E-state index in [1.807, 2.05) is 35.6 Å². The molecular weight excluding hydrogens is 499 g/mol. The average Bonchev–Trinajstić information content (AvgIpc) is 3.17. The number of nitrogens with zero attached hydrogens (tertiary/aromatic N) is 4. The molecule has 0 spiro atoms. The molecule has 1 aromatic heterocycles. The molecule has 1 aliphatic heterocycles. The van der Waals surface area contributed by atoms with Gasteiger partial charge in [0.2, 0.25) is 0 Å². The van der Waals surface area contributed by atoms with Gasteiger partial charge in [-0.05, 0) is 55.3 Å². The highest BCUT2D eigenvalue weighted by Gasteiger charge is 2.26. The average molecular weight is 527 g/mol. The second-order valence-corrected chi connectivity index (χ2v) is 9.76. The smallest absolute Gasteiger partial charge is 0.320 e. The molecule has 0 saturated carbocycles. The second kappa shape index (κ2) is 10.9. The van der Waals surface area contributed by atoms with E-state index in [9.17, 15) is 14.9 Å². The topological polar surface area (TPSA) is 78.6 Å². The maximum absolute atomic E-state index is 13.3. The predicted octanol–water partition coefficient (Wildman–Crippen LogP) is 4.58. The number of carbonyl (C=O) groups is 2. The molecule has 1 fully saturated rings. The Labute approximate surface area is 220 Å². The molecule has 9 heteroatoms. The zero-order valence-electron chi connectivity index (χ0n) is 20.6. The van der Waals surface area contributed by atoms with Crippen LogP contribution in [0.25, 0.3) is 10.9 Å². The molecule has 2 aromatic carbocycles. The molecule has 0 atom stereocenters. The van der Waals surface area contributed by atoms with Crippen molar-refractivity contribution in [2.24, 2.45) is 7.05 Å². The Hall–Kier alpha value is -3.05. The summed E-state index contributed by atoms with van der Waals surface area (Å²) < 4.78 is 7.05. The third-order valence-electron chi connectivity index (χ3n) is 6.69. The quantitative estimate of drug-likeness (QED) is 0.439. The number of hydrogen-bond donors (Lipinski definition) is 0. The molecule has 0 N–H and O–H groups in total. The Bertz CT molecular complexity index is 1370. The number of aromatic nitrogens is 1. The lowest BCUT2D eigenvalue weighted by Crippen LogP contribution is -2.50. The summed E-state index contributed by atoms with van der Waals surface area (Å²) in [5.74, 6) is -0.407. The molecule has 2 heterocycles. The number of ether oxygens (including phenoxy) is 1. The van der Waals surface area contributed by atoms with Crippen LogP contribution in [0.2, 0.25) is 10.0 Å². The molecule has 188 valence electrons. The van der Waals surface area contributed by atoms with Crippen LogP contribution in [0, 0.1) is 18.3 Å². The molecule has 36 heavy (non-hydrogen) atoms. The molecule has 3 aromatic rings. The number of amides is 1. The second-order valence-electron chi connectivity index (χ2n) is 8.97. The first-order valence-corrected chi connectivity index (χ1v) is 12.6. The van der Waals surface area contributed by atoms with E-state index in [1.54, 1.807) is 24.0 Å². The van der Waals surface area contributed by atoms with Gasteiger partial charge in [0.1, 0.15) is 0 Å². The van der Waals surface area contributed by atoms with Crippen molar-refractivity contribution in [1.29, 1.82) is 5.26 Å². The number of fused-ring (bicyclic) bond motifs is 1. The van der Waals surface area contributed by atoms with E-state index >= 15 is 0 Å². The fraction of sp³-hybridized carbons (Fsp3) is 0.370. The van der Waals surface area contributed by atoms with Gasteiger partial charge in [0.15, 0.2) is 0 Å². The van der Waals surface area contributed by atoms with E-state index < -0.39 is 0 Å². The van der Waals surface area contributed by atoms with Gasteiger partial charge in [-0.15, -0.1) is 0 Å². The van der Waals surface area contributed by atoms with Gasteiger partial charge < -0.3 is 14.2 Å². The maximum atomic E-state index is 13.3. The summed E-state index contributed by atoms with van der Waals surface area (Å²) >= 11 is 13.3. The molecule has 4 rings (SSSR count). The number of nitriles is 1. The van der Waals surface area contributed by atoms with Gasteiger partial charge >= 0.3 is 5.97 Å². The molecular formula is C27H28Cl2N4O3. The summed E-state index contributed by atoms with van der Waals surface area (Å²) in [6, 6.07) is 11.4. The van der Waals surface area contributed by atoms with Crippen LogP contribution in [0.4, 0.5) is 0 Å². The highest BCUT2D eigenvalue weighted by molar-refractivity contribution is 6.38. The van der Waals surface area contributed by atoms with Gasteiger partial charge in [0.25, 0.3) is 5.91 Å². The molecule has 0 radical (unpaired) electrons. The van der Waals surface area contributed by atoms with Crippen LogP contribution in [0.3, 0.4) is 0 Å². The lowest BCUT2D eigenvalue weighted by atomic mass is 10.0. The normalized spacial score (nSPS) is 14.2. The lowest BCUT2D eigenvalue weighted by Gasteiger charge is -2.34. The van der Waals surface area contributed by atoms with Crippen molar-refractivity contribution in [3.8, 4) is 6.07 Å². The van der Waals surface area contributed by atoms with Gasteiger partial charge in [-0.3, -0.25) is 14.5 Å². The summed E-state index contributed by atoms with van der Waals surface area (Å²) in [4.78, 5) is 28.8. The third-order valence-corrected chi connectivity index (χ3v) is 7.47. The summed E-state index contributed by atoms with van der Waals surface area (Å²) in [7, 11) is 1.95.